The Kier molecular flexibility index (Phi) is 8.02. The lowest BCUT2D eigenvalue weighted by Crippen LogP contribution is -2.42. The maximum Gasteiger partial charge on any atom is 0.251 e. The average Bonchev–Trinajstić information content (AvgIpc) is 3.37. The zero-order valence-corrected chi connectivity index (χ0v) is 22.9. The third-order valence-electron chi connectivity index (χ3n) is 6.50. The van der Waals surface area contributed by atoms with Crippen LogP contribution in [0.2, 0.25) is 5.02 Å². The molecule has 1 N–H and O–H groups in total. The molecule has 0 aliphatic heterocycles. The molecule has 0 saturated carbocycles. The fourth-order valence-electron chi connectivity index (χ4n) is 4.44. The van der Waals surface area contributed by atoms with E-state index in [0.29, 0.717) is 21.8 Å². The fourth-order valence-corrected chi connectivity index (χ4v) is 4.56. The number of carbonyl (C=O) groups is 2. The van der Waals surface area contributed by atoms with Crippen LogP contribution in [0.15, 0.2) is 97.3 Å². The van der Waals surface area contributed by atoms with Crippen molar-refractivity contribution in [3.63, 3.8) is 0 Å². The van der Waals surface area contributed by atoms with Crippen LogP contribution in [0, 0.1) is 0 Å². The van der Waals surface area contributed by atoms with Crippen LogP contribution >= 0.6 is 11.6 Å². The van der Waals surface area contributed by atoms with Crippen LogP contribution in [0.3, 0.4) is 0 Å². The summed E-state index contributed by atoms with van der Waals surface area (Å²) >= 11 is 6.18. The number of hydrogen-bond donors (Lipinski definition) is 1. The molecule has 10 heteroatoms. The zero-order valence-electron chi connectivity index (χ0n) is 22.1. The van der Waals surface area contributed by atoms with E-state index in [2.05, 4.69) is 20.6 Å². The topological polar surface area (TPSA) is 96.2 Å². The SMILES string of the molecule is CN(C)c1ccc(NC(=O)[C@@H](c2ccc(Cl)cc2)N(Cc2cccnc2)C(=O)Cn2nnc3ccccc32)cc1. The Morgan fingerprint density at radius 3 is 2.40 bits per heavy atom. The van der Waals surface area contributed by atoms with Gasteiger partial charge in [0.25, 0.3) is 5.91 Å². The first kappa shape index (κ1) is 26.8. The first-order valence-electron chi connectivity index (χ1n) is 12.7. The van der Waals surface area contributed by atoms with E-state index in [1.807, 2.05) is 73.6 Å². The van der Waals surface area contributed by atoms with Crippen molar-refractivity contribution in [2.75, 3.05) is 24.3 Å². The second-order valence-corrected chi connectivity index (χ2v) is 9.94. The number of nitrogens with one attached hydrogen (secondary N) is 1. The molecule has 40 heavy (non-hydrogen) atoms. The number of amides is 2. The predicted molar refractivity (Wildman–Crippen MR) is 156 cm³/mol. The second-order valence-electron chi connectivity index (χ2n) is 9.50. The molecule has 0 fully saturated rings. The largest absolute Gasteiger partial charge is 0.378 e. The van der Waals surface area contributed by atoms with E-state index in [1.165, 1.54) is 0 Å². The van der Waals surface area contributed by atoms with E-state index >= 15 is 0 Å². The van der Waals surface area contributed by atoms with Crippen LogP contribution in [0.5, 0.6) is 0 Å². The smallest absolute Gasteiger partial charge is 0.251 e. The zero-order chi connectivity index (χ0) is 28.1. The van der Waals surface area contributed by atoms with Crippen molar-refractivity contribution in [1.82, 2.24) is 24.9 Å². The molecule has 0 radical (unpaired) electrons. The normalized spacial score (nSPS) is 11.7. The first-order valence-corrected chi connectivity index (χ1v) is 13.1. The minimum Gasteiger partial charge on any atom is -0.378 e. The van der Waals surface area contributed by atoms with Gasteiger partial charge in [-0.3, -0.25) is 14.6 Å². The number of carbonyl (C=O) groups excluding carboxylic acids is 2. The van der Waals surface area contributed by atoms with Gasteiger partial charge in [0, 0.05) is 49.4 Å². The average molecular weight is 554 g/mol. The van der Waals surface area contributed by atoms with Gasteiger partial charge in [0.1, 0.15) is 18.1 Å². The summed E-state index contributed by atoms with van der Waals surface area (Å²) in [4.78, 5) is 35.7. The Balaban J connectivity index is 1.52. The molecule has 9 nitrogen and oxygen atoms in total. The highest BCUT2D eigenvalue weighted by molar-refractivity contribution is 6.30. The highest BCUT2D eigenvalue weighted by Crippen LogP contribution is 2.28. The van der Waals surface area contributed by atoms with Crippen molar-refractivity contribution >= 4 is 45.8 Å². The summed E-state index contributed by atoms with van der Waals surface area (Å²) < 4.78 is 1.55. The van der Waals surface area contributed by atoms with E-state index in [9.17, 15) is 9.59 Å². The molecule has 0 unspecified atom stereocenters. The minimum atomic E-state index is -0.965. The van der Waals surface area contributed by atoms with Gasteiger partial charge < -0.3 is 15.1 Å². The van der Waals surface area contributed by atoms with Gasteiger partial charge in [-0.2, -0.15) is 0 Å². The molecule has 1 atom stereocenters. The number of benzene rings is 3. The van der Waals surface area contributed by atoms with E-state index in [-0.39, 0.29) is 24.9 Å². The maximum atomic E-state index is 14.0. The standard InChI is InChI=1S/C30H28ClN7O2/c1-36(2)25-15-13-24(14-16-25)33-30(40)29(22-9-11-23(31)12-10-22)37(19-21-6-5-17-32-18-21)28(39)20-38-27-8-4-3-7-26(27)34-35-38/h3-18,29H,19-20H2,1-2H3,(H,33,40)/t29-/m1/s1. The highest BCUT2D eigenvalue weighted by atomic mass is 35.5. The Bertz CT molecular complexity index is 1600. The summed E-state index contributed by atoms with van der Waals surface area (Å²) in [5, 5.41) is 11.9. The number of anilines is 2. The van der Waals surface area contributed by atoms with Crippen molar-refractivity contribution in [2.24, 2.45) is 0 Å². The summed E-state index contributed by atoms with van der Waals surface area (Å²) in [5.41, 5.74) is 4.42. The third-order valence-corrected chi connectivity index (χ3v) is 6.75. The van der Waals surface area contributed by atoms with Crippen LogP contribution in [-0.4, -0.2) is 50.8 Å². The lowest BCUT2D eigenvalue weighted by molar-refractivity contribution is -0.140. The van der Waals surface area contributed by atoms with Crippen LogP contribution in [0.4, 0.5) is 11.4 Å². The van der Waals surface area contributed by atoms with Gasteiger partial charge in [0.15, 0.2) is 0 Å². The van der Waals surface area contributed by atoms with Gasteiger partial charge in [0.05, 0.1) is 5.52 Å². The molecule has 0 bridgehead atoms. The molecule has 2 heterocycles. The number of nitrogens with zero attached hydrogens (tertiary/aromatic N) is 6. The molecule has 2 aromatic heterocycles. The van der Waals surface area contributed by atoms with Crippen molar-refractivity contribution < 1.29 is 9.59 Å². The number of rotatable bonds is 9. The Labute approximate surface area is 237 Å². The minimum absolute atomic E-state index is 0.102. The summed E-state index contributed by atoms with van der Waals surface area (Å²) in [5.74, 6) is -0.668. The summed E-state index contributed by atoms with van der Waals surface area (Å²) in [6, 6.07) is 24.6. The Morgan fingerprint density at radius 2 is 1.70 bits per heavy atom. The summed E-state index contributed by atoms with van der Waals surface area (Å²) in [6.07, 6.45) is 3.35. The predicted octanol–water partition coefficient (Wildman–Crippen LogP) is 4.95. The van der Waals surface area contributed by atoms with Gasteiger partial charge in [-0.25, -0.2) is 4.68 Å². The van der Waals surface area contributed by atoms with E-state index < -0.39 is 6.04 Å². The Morgan fingerprint density at radius 1 is 0.950 bits per heavy atom. The molecular weight excluding hydrogens is 526 g/mol. The van der Waals surface area contributed by atoms with Crippen LogP contribution < -0.4 is 10.2 Å². The lowest BCUT2D eigenvalue weighted by atomic mass is 10.0. The van der Waals surface area contributed by atoms with Crippen molar-refractivity contribution in [3.05, 3.63) is 113 Å². The van der Waals surface area contributed by atoms with Crippen LogP contribution in [0.25, 0.3) is 11.0 Å². The van der Waals surface area contributed by atoms with Gasteiger partial charge in [-0.05, 0) is 65.7 Å². The summed E-state index contributed by atoms with van der Waals surface area (Å²) in [6.45, 7) is 0.0509. The second kappa shape index (κ2) is 12.0. The molecular formula is C30H28ClN7O2. The van der Waals surface area contributed by atoms with Crippen molar-refractivity contribution in [2.45, 2.75) is 19.1 Å². The molecule has 0 aliphatic rings. The molecule has 0 aliphatic carbocycles. The Hall–Kier alpha value is -4.76. The monoisotopic (exact) mass is 553 g/mol. The third kappa shape index (κ3) is 6.10. The molecule has 202 valence electrons. The number of aromatic nitrogens is 4. The highest BCUT2D eigenvalue weighted by Gasteiger charge is 2.32. The van der Waals surface area contributed by atoms with Crippen LogP contribution in [0.1, 0.15) is 17.2 Å². The van der Waals surface area contributed by atoms with Crippen molar-refractivity contribution in [3.8, 4) is 0 Å². The summed E-state index contributed by atoms with van der Waals surface area (Å²) in [7, 11) is 3.90. The number of hydrogen-bond acceptors (Lipinski definition) is 6. The molecule has 3 aromatic carbocycles. The van der Waals surface area contributed by atoms with E-state index in [1.54, 1.807) is 52.3 Å². The van der Waals surface area contributed by atoms with Crippen LogP contribution in [-0.2, 0) is 22.7 Å². The lowest BCUT2D eigenvalue weighted by Gasteiger charge is -2.31. The molecule has 0 spiro atoms. The van der Waals surface area contributed by atoms with Gasteiger partial charge in [-0.1, -0.05) is 47.1 Å². The molecule has 2 amide bonds. The van der Waals surface area contributed by atoms with Crippen molar-refractivity contribution in [1.29, 1.82) is 0 Å². The molecule has 0 saturated heterocycles. The van der Waals surface area contributed by atoms with Gasteiger partial charge in [-0.15, -0.1) is 5.10 Å². The number of fused-ring (bicyclic) bond motifs is 1. The fraction of sp³-hybridized carbons (Fsp3) is 0.167. The number of para-hydroxylation sites is 1. The number of halogens is 1. The van der Waals surface area contributed by atoms with E-state index in [0.717, 1.165) is 16.8 Å². The number of pyridine rings is 1. The van der Waals surface area contributed by atoms with Gasteiger partial charge in [0.2, 0.25) is 5.91 Å². The van der Waals surface area contributed by atoms with Gasteiger partial charge >= 0.3 is 0 Å². The maximum absolute atomic E-state index is 14.0. The van der Waals surface area contributed by atoms with E-state index in [4.69, 9.17) is 11.6 Å². The molecule has 5 rings (SSSR count). The quantitative estimate of drug-likeness (QED) is 0.277. The molecule has 5 aromatic rings. The first-order chi connectivity index (χ1) is 19.4.